The SMILES string of the molecule is CC(C)N(N)/C(=C(\N)COc1ccc(Cl)c2c1[C@@H](CN1CCCC1=O)N(C(=O)[C@@H]1CCC[C@]1(C)C(=O)O)CC2)C(F)F. The van der Waals surface area contributed by atoms with Crippen LogP contribution in [-0.2, 0) is 20.8 Å². The van der Waals surface area contributed by atoms with Gasteiger partial charge in [0, 0.05) is 42.7 Å². The van der Waals surface area contributed by atoms with E-state index in [0.29, 0.717) is 61.4 Å². The Balaban J connectivity index is 1.74. The number of alkyl halides is 2. The second-order valence-electron chi connectivity index (χ2n) is 11.8. The quantitative estimate of drug-likeness (QED) is 0.269. The normalized spacial score (nSPS) is 24.7. The van der Waals surface area contributed by atoms with Crippen LogP contribution in [0.5, 0.6) is 5.75 Å². The van der Waals surface area contributed by atoms with Crippen LogP contribution in [0.1, 0.15) is 70.0 Å². The van der Waals surface area contributed by atoms with E-state index in [1.165, 1.54) is 0 Å². The summed E-state index contributed by atoms with van der Waals surface area (Å²) < 4.78 is 33.8. The summed E-state index contributed by atoms with van der Waals surface area (Å²) in [6.45, 7) is 5.49. The zero-order valence-electron chi connectivity index (χ0n) is 24.2. The average Bonchev–Trinajstić information content (AvgIpc) is 3.53. The lowest BCUT2D eigenvalue weighted by Crippen LogP contribution is -2.50. The van der Waals surface area contributed by atoms with Gasteiger partial charge in [-0.1, -0.05) is 18.0 Å². The van der Waals surface area contributed by atoms with Crippen LogP contribution in [0.15, 0.2) is 23.5 Å². The van der Waals surface area contributed by atoms with E-state index < -0.39 is 48.1 Å². The molecule has 0 unspecified atom stereocenters. The number of allylic oxidation sites excluding steroid dienone is 1. The van der Waals surface area contributed by atoms with Crippen LogP contribution in [0.2, 0.25) is 5.02 Å². The predicted octanol–water partition coefficient (Wildman–Crippen LogP) is 3.68. The molecule has 2 heterocycles. The van der Waals surface area contributed by atoms with E-state index in [0.717, 1.165) is 10.6 Å². The minimum Gasteiger partial charge on any atom is -0.487 e. The maximum absolute atomic E-state index is 14.1. The molecule has 0 radical (unpaired) electrons. The van der Waals surface area contributed by atoms with Crippen LogP contribution in [0.3, 0.4) is 0 Å². The molecule has 0 spiro atoms. The van der Waals surface area contributed by atoms with Crippen molar-refractivity contribution in [2.75, 3.05) is 26.2 Å². The molecule has 0 bridgehead atoms. The Hall–Kier alpha value is -3.12. The number of hydrogen-bond acceptors (Lipinski definition) is 7. The van der Waals surface area contributed by atoms with Crippen molar-refractivity contribution in [3.8, 4) is 5.75 Å². The Labute approximate surface area is 249 Å². The number of likely N-dealkylation sites (tertiary alicyclic amines) is 1. The van der Waals surface area contributed by atoms with Gasteiger partial charge in [0.05, 0.1) is 23.1 Å². The molecule has 5 N–H and O–H groups in total. The maximum Gasteiger partial charge on any atom is 0.310 e. The number of carbonyl (C=O) groups is 3. The highest BCUT2D eigenvalue weighted by Crippen LogP contribution is 2.47. The van der Waals surface area contributed by atoms with E-state index in [1.54, 1.807) is 42.7 Å². The van der Waals surface area contributed by atoms with Gasteiger partial charge in [0.1, 0.15) is 18.1 Å². The van der Waals surface area contributed by atoms with Crippen molar-refractivity contribution >= 4 is 29.4 Å². The molecule has 2 fully saturated rings. The number of benzene rings is 1. The van der Waals surface area contributed by atoms with Crippen molar-refractivity contribution in [3.05, 3.63) is 39.7 Å². The second-order valence-corrected chi connectivity index (χ2v) is 12.3. The summed E-state index contributed by atoms with van der Waals surface area (Å²) in [4.78, 5) is 42.4. The number of aliphatic carboxylic acids is 1. The van der Waals surface area contributed by atoms with Crippen LogP contribution >= 0.6 is 11.6 Å². The first-order valence-electron chi connectivity index (χ1n) is 14.3. The van der Waals surface area contributed by atoms with Gasteiger partial charge in [-0.25, -0.2) is 14.6 Å². The standard InChI is InChI=1S/C29H40ClF2N5O5/c1-16(2)37(34)25(26(31)32)20(33)15-42-22-9-8-19(30)17-10-13-36(21(24(17)22)14-35-12-5-7-23(35)38)27(39)18-6-4-11-29(18,3)28(40)41/h8-9,16,18,21,26H,4-7,10-15,33-34H2,1-3H3,(H,40,41)/b25-20-/t18-,21+,29-/m0/s1. The number of ether oxygens (including phenoxy) is 1. The van der Waals surface area contributed by atoms with Gasteiger partial charge < -0.3 is 30.4 Å². The number of hydrazine groups is 1. The van der Waals surface area contributed by atoms with E-state index in [-0.39, 0.29) is 30.6 Å². The number of amides is 2. The molecule has 1 aliphatic carbocycles. The van der Waals surface area contributed by atoms with Gasteiger partial charge in [-0.3, -0.25) is 14.4 Å². The monoisotopic (exact) mass is 611 g/mol. The Morgan fingerprint density at radius 1 is 1.24 bits per heavy atom. The lowest BCUT2D eigenvalue weighted by atomic mass is 9.78. The molecule has 10 nitrogen and oxygen atoms in total. The number of carboxylic acid groups (broad SMARTS) is 1. The Morgan fingerprint density at radius 2 is 1.95 bits per heavy atom. The number of carbonyl (C=O) groups excluding carboxylic acids is 2. The molecule has 1 aromatic carbocycles. The number of nitrogens with two attached hydrogens (primary N) is 2. The molecular weight excluding hydrogens is 572 g/mol. The van der Waals surface area contributed by atoms with Crippen molar-refractivity contribution in [1.29, 1.82) is 0 Å². The number of hydrogen-bond donors (Lipinski definition) is 3. The van der Waals surface area contributed by atoms with E-state index in [1.807, 2.05) is 0 Å². The van der Waals surface area contributed by atoms with E-state index in [2.05, 4.69) is 0 Å². The summed E-state index contributed by atoms with van der Waals surface area (Å²) in [5.41, 5.74) is 5.37. The van der Waals surface area contributed by atoms with E-state index in [9.17, 15) is 28.3 Å². The first-order chi connectivity index (χ1) is 19.8. The van der Waals surface area contributed by atoms with Gasteiger partial charge in [-0.15, -0.1) is 0 Å². The zero-order valence-corrected chi connectivity index (χ0v) is 25.0. The summed E-state index contributed by atoms with van der Waals surface area (Å²) in [7, 11) is 0. The highest BCUT2D eigenvalue weighted by Gasteiger charge is 2.51. The highest BCUT2D eigenvalue weighted by atomic mass is 35.5. The number of nitrogens with zero attached hydrogens (tertiary/aromatic N) is 3. The van der Waals surface area contributed by atoms with Gasteiger partial charge >= 0.3 is 5.97 Å². The van der Waals surface area contributed by atoms with Gasteiger partial charge in [-0.05, 0) is 64.2 Å². The first-order valence-corrected chi connectivity index (χ1v) is 14.7. The lowest BCUT2D eigenvalue weighted by Gasteiger charge is -2.42. The molecule has 1 aromatic rings. The van der Waals surface area contributed by atoms with Gasteiger partial charge in [0.25, 0.3) is 6.43 Å². The molecule has 3 atom stereocenters. The van der Waals surface area contributed by atoms with Crippen molar-refractivity contribution < 1.29 is 33.0 Å². The molecule has 2 aliphatic heterocycles. The summed E-state index contributed by atoms with van der Waals surface area (Å²) in [6, 6.07) is 2.12. The molecule has 13 heteroatoms. The number of rotatable bonds is 10. The van der Waals surface area contributed by atoms with Crippen LogP contribution in [0.4, 0.5) is 8.78 Å². The minimum atomic E-state index is -2.93. The van der Waals surface area contributed by atoms with Crippen LogP contribution in [0.25, 0.3) is 0 Å². The van der Waals surface area contributed by atoms with Crippen molar-refractivity contribution in [2.24, 2.45) is 22.9 Å². The van der Waals surface area contributed by atoms with Gasteiger partial charge in [-0.2, -0.15) is 0 Å². The summed E-state index contributed by atoms with van der Waals surface area (Å²) in [5.74, 6) is 4.08. The van der Waals surface area contributed by atoms with Gasteiger partial charge in [0.15, 0.2) is 0 Å². The Bertz CT molecular complexity index is 1260. The highest BCUT2D eigenvalue weighted by molar-refractivity contribution is 6.31. The molecule has 2 amide bonds. The third-order valence-corrected chi connectivity index (χ3v) is 9.27. The largest absolute Gasteiger partial charge is 0.487 e. The summed E-state index contributed by atoms with van der Waals surface area (Å²) in [6.07, 6.45) is -0.0181. The average molecular weight is 612 g/mol. The Kier molecular flexibility index (Phi) is 9.56. The minimum absolute atomic E-state index is 0.0410. The first kappa shape index (κ1) is 31.8. The lowest BCUT2D eigenvalue weighted by molar-refractivity contribution is -0.157. The fourth-order valence-corrected chi connectivity index (χ4v) is 6.67. The van der Waals surface area contributed by atoms with Crippen LogP contribution < -0.4 is 16.3 Å². The summed E-state index contributed by atoms with van der Waals surface area (Å²) in [5, 5.41) is 11.3. The van der Waals surface area contributed by atoms with Crippen LogP contribution in [-0.4, -0.2) is 76.4 Å². The zero-order chi connectivity index (χ0) is 30.9. The van der Waals surface area contributed by atoms with E-state index >= 15 is 0 Å². The topological polar surface area (TPSA) is 142 Å². The number of carboxylic acids is 1. The van der Waals surface area contributed by atoms with Crippen molar-refractivity contribution in [3.63, 3.8) is 0 Å². The maximum atomic E-state index is 14.1. The molecule has 4 rings (SSSR count). The second kappa shape index (κ2) is 12.6. The van der Waals surface area contributed by atoms with E-state index in [4.69, 9.17) is 27.9 Å². The number of halogens is 3. The molecule has 1 saturated carbocycles. The molecule has 232 valence electrons. The fourth-order valence-electron chi connectivity index (χ4n) is 6.41. The molecular formula is C29H40ClF2N5O5. The molecule has 3 aliphatic rings. The Morgan fingerprint density at radius 3 is 2.55 bits per heavy atom. The van der Waals surface area contributed by atoms with Crippen molar-refractivity contribution in [1.82, 2.24) is 14.8 Å². The third kappa shape index (κ3) is 6.01. The fraction of sp³-hybridized carbons (Fsp3) is 0.621. The predicted molar refractivity (Wildman–Crippen MR) is 152 cm³/mol. The summed E-state index contributed by atoms with van der Waals surface area (Å²) >= 11 is 6.62. The van der Waals surface area contributed by atoms with Gasteiger partial charge in [0.2, 0.25) is 11.8 Å². The molecule has 1 saturated heterocycles. The van der Waals surface area contributed by atoms with Crippen molar-refractivity contribution in [2.45, 2.75) is 77.8 Å². The number of fused-ring (bicyclic) bond motifs is 1. The molecule has 0 aromatic heterocycles. The third-order valence-electron chi connectivity index (χ3n) is 8.92. The van der Waals surface area contributed by atoms with Crippen LogP contribution in [0, 0.1) is 11.3 Å². The smallest absolute Gasteiger partial charge is 0.310 e. The molecule has 42 heavy (non-hydrogen) atoms.